The highest BCUT2D eigenvalue weighted by Crippen LogP contribution is 2.34. The number of carbonyl (C=O) groups is 1. The molecule has 1 amide bonds. The van der Waals surface area contributed by atoms with Gasteiger partial charge in [0.1, 0.15) is 18.2 Å². The normalized spacial score (nSPS) is 15.4. The summed E-state index contributed by atoms with van der Waals surface area (Å²) in [6, 6.07) is 9.15. The van der Waals surface area contributed by atoms with Gasteiger partial charge in [-0.3, -0.25) is 9.58 Å². The number of hydrogen-bond donors (Lipinski definition) is 0. The molecule has 1 aliphatic rings. The van der Waals surface area contributed by atoms with Gasteiger partial charge in [-0.15, -0.1) is 0 Å². The molecule has 158 valence electrons. The van der Waals surface area contributed by atoms with Crippen LogP contribution in [0.5, 0.6) is 5.88 Å². The van der Waals surface area contributed by atoms with Gasteiger partial charge in [-0.25, -0.2) is 13.6 Å². The van der Waals surface area contributed by atoms with Gasteiger partial charge in [-0.05, 0) is 48.9 Å². The van der Waals surface area contributed by atoms with E-state index in [1.165, 1.54) is 17.0 Å². The molecular weight excluding hydrogens is 418 g/mol. The first-order valence-electron chi connectivity index (χ1n) is 9.04. The zero-order valence-corrected chi connectivity index (χ0v) is 17.0. The highest BCUT2D eigenvalue weighted by Gasteiger charge is 2.35. The minimum Gasteiger partial charge on any atom is -0.476 e. The summed E-state index contributed by atoms with van der Waals surface area (Å²) in [5.74, 6) is -0.805. The quantitative estimate of drug-likeness (QED) is 0.601. The standard InChI is InChI=1S/C15H10ClF2NO2.C5H9N3O/c16-10-1-3-13(4-2-10)19-14(8-21-15(19)20)9-5-11(17)7-12(18)6-9;1-3-9-5-4-8(2)7-6-5/h1-7,14H,8H2;4H,3H2,1-2H3/t14-;/m1./s1. The molecule has 1 atom stereocenters. The maximum atomic E-state index is 13.4. The molecule has 1 fully saturated rings. The number of benzene rings is 2. The molecule has 0 aliphatic carbocycles. The Bertz CT molecular complexity index is 993. The van der Waals surface area contributed by atoms with Crippen LogP contribution in [0.1, 0.15) is 18.5 Å². The second-order valence-corrected chi connectivity index (χ2v) is 6.74. The molecule has 1 saturated heterocycles. The fourth-order valence-electron chi connectivity index (χ4n) is 2.86. The van der Waals surface area contributed by atoms with Gasteiger partial charge in [0.15, 0.2) is 0 Å². The van der Waals surface area contributed by atoms with E-state index in [9.17, 15) is 13.6 Å². The number of cyclic esters (lactones) is 1. The molecule has 0 N–H and O–H groups in total. The van der Waals surface area contributed by atoms with E-state index < -0.39 is 23.8 Å². The third-order valence-electron chi connectivity index (χ3n) is 4.12. The van der Waals surface area contributed by atoms with Crippen LogP contribution in [0.3, 0.4) is 0 Å². The smallest absolute Gasteiger partial charge is 0.415 e. The fourth-order valence-corrected chi connectivity index (χ4v) is 2.99. The predicted octanol–water partition coefficient (Wildman–Crippen LogP) is 4.53. The molecule has 7 nitrogen and oxygen atoms in total. The molecule has 10 heteroatoms. The molecular formula is C20H19ClF2N4O3. The lowest BCUT2D eigenvalue weighted by atomic mass is 10.1. The molecule has 0 bridgehead atoms. The maximum absolute atomic E-state index is 13.4. The van der Waals surface area contributed by atoms with Crippen molar-refractivity contribution in [1.82, 2.24) is 15.0 Å². The van der Waals surface area contributed by atoms with Crippen LogP contribution in [0, 0.1) is 11.6 Å². The van der Waals surface area contributed by atoms with Crippen molar-refractivity contribution in [1.29, 1.82) is 0 Å². The first kappa shape index (κ1) is 21.5. The van der Waals surface area contributed by atoms with Gasteiger partial charge < -0.3 is 9.47 Å². The number of nitrogens with zero attached hydrogens (tertiary/aromatic N) is 4. The Morgan fingerprint density at radius 3 is 2.43 bits per heavy atom. The van der Waals surface area contributed by atoms with Crippen molar-refractivity contribution in [2.75, 3.05) is 18.1 Å². The molecule has 3 aromatic rings. The second kappa shape index (κ2) is 9.53. The Morgan fingerprint density at radius 2 is 1.87 bits per heavy atom. The summed E-state index contributed by atoms with van der Waals surface area (Å²) in [6.45, 7) is 2.58. The SMILES string of the molecule is CCOc1cn(C)nn1.O=C1OC[C@H](c2cc(F)cc(F)c2)N1c1ccc(Cl)cc1. The van der Waals surface area contributed by atoms with Crippen LogP contribution < -0.4 is 9.64 Å². The number of anilines is 1. The van der Waals surface area contributed by atoms with Gasteiger partial charge in [0.05, 0.1) is 18.8 Å². The predicted molar refractivity (Wildman–Crippen MR) is 107 cm³/mol. The second-order valence-electron chi connectivity index (χ2n) is 6.31. The summed E-state index contributed by atoms with van der Waals surface area (Å²) in [5, 5.41) is 7.90. The van der Waals surface area contributed by atoms with E-state index in [2.05, 4.69) is 10.3 Å². The van der Waals surface area contributed by atoms with Crippen molar-refractivity contribution in [2.45, 2.75) is 13.0 Å². The number of ether oxygens (including phenoxy) is 2. The first-order chi connectivity index (χ1) is 14.4. The third-order valence-corrected chi connectivity index (χ3v) is 4.37. The van der Waals surface area contributed by atoms with Crippen LogP contribution in [-0.4, -0.2) is 34.3 Å². The molecule has 0 saturated carbocycles. The summed E-state index contributed by atoms with van der Waals surface area (Å²) in [5.41, 5.74) is 0.893. The van der Waals surface area contributed by atoms with Crippen LogP contribution >= 0.6 is 11.6 Å². The summed E-state index contributed by atoms with van der Waals surface area (Å²) < 4.78 is 38.4. The van der Waals surface area contributed by atoms with Crippen molar-refractivity contribution in [3.63, 3.8) is 0 Å². The molecule has 1 aliphatic heterocycles. The molecule has 2 heterocycles. The van der Waals surface area contributed by atoms with Gasteiger partial charge in [-0.1, -0.05) is 21.9 Å². The zero-order valence-electron chi connectivity index (χ0n) is 16.3. The van der Waals surface area contributed by atoms with E-state index in [0.29, 0.717) is 28.8 Å². The summed E-state index contributed by atoms with van der Waals surface area (Å²) in [4.78, 5) is 13.2. The van der Waals surface area contributed by atoms with Crippen molar-refractivity contribution >= 4 is 23.4 Å². The lowest BCUT2D eigenvalue weighted by Gasteiger charge is -2.22. The molecule has 0 unspecified atom stereocenters. The van der Waals surface area contributed by atoms with E-state index in [1.54, 1.807) is 42.2 Å². The van der Waals surface area contributed by atoms with Crippen molar-refractivity contribution < 1.29 is 23.0 Å². The first-order valence-corrected chi connectivity index (χ1v) is 9.42. The van der Waals surface area contributed by atoms with Crippen LogP contribution in [0.15, 0.2) is 48.7 Å². The number of aromatic nitrogens is 3. The zero-order chi connectivity index (χ0) is 21.7. The van der Waals surface area contributed by atoms with Gasteiger partial charge >= 0.3 is 6.09 Å². The average molecular weight is 437 g/mol. The van der Waals surface area contributed by atoms with Crippen molar-refractivity contribution in [3.8, 4) is 5.88 Å². The summed E-state index contributed by atoms with van der Waals surface area (Å²) in [6.07, 6.45) is 1.16. The minimum atomic E-state index is -0.694. The van der Waals surface area contributed by atoms with Crippen molar-refractivity contribution in [2.24, 2.45) is 7.05 Å². The molecule has 2 aromatic carbocycles. The van der Waals surface area contributed by atoms with E-state index in [4.69, 9.17) is 21.1 Å². The Hall–Kier alpha value is -3.20. The number of halogens is 3. The van der Waals surface area contributed by atoms with Crippen LogP contribution in [-0.2, 0) is 11.8 Å². The fraction of sp³-hybridized carbons (Fsp3) is 0.250. The van der Waals surface area contributed by atoms with E-state index in [-0.39, 0.29) is 6.61 Å². The third kappa shape index (κ3) is 5.24. The number of amides is 1. The number of hydrogen-bond acceptors (Lipinski definition) is 5. The number of rotatable bonds is 4. The Kier molecular flexibility index (Phi) is 6.83. The highest BCUT2D eigenvalue weighted by atomic mass is 35.5. The molecule has 0 radical (unpaired) electrons. The monoisotopic (exact) mass is 436 g/mol. The van der Waals surface area contributed by atoms with Crippen LogP contribution in [0.2, 0.25) is 5.02 Å². The largest absolute Gasteiger partial charge is 0.476 e. The van der Waals surface area contributed by atoms with Gasteiger partial charge in [-0.2, -0.15) is 0 Å². The molecule has 4 rings (SSSR count). The number of carbonyl (C=O) groups excluding carboxylic acids is 1. The van der Waals surface area contributed by atoms with E-state index >= 15 is 0 Å². The van der Waals surface area contributed by atoms with E-state index in [1.807, 2.05) is 6.92 Å². The maximum Gasteiger partial charge on any atom is 0.415 e. The van der Waals surface area contributed by atoms with E-state index in [0.717, 1.165) is 6.07 Å². The summed E-state index contributed by atoms with van der Waals surface area (Å²) >= 11 is 5.82. The molecule has 1 aromatic heterocycles. The highest BCUT2D eigenvalue weighted by molar-refractivity contribution is 6.30. The summed E-state index contributed by atoms with van der Waals surface area (Å²) in [7, 11) is 1.80. The minimum absolute atomic E-state index is 0.0321. The van der Waals surface area contributed by atoms with Gasteiger partial charge in [0, 0.05) is 23.8 Å². The van der Waals surface area contributed by atoms with Crippen LogP contribution in [0.25, 0.3) is 0 Å². The van der Waals surface area contributed by atoms with Crippen molar-refractivity contribution in [3.05, 3.63) is 70.9 Å². The Balaban J connectivity index is 0.000000239. The topological polar surface area (TPSA) is 69.5 Å². The van der Waals surface area contributed by atoms with Gasteiger partial charge in [0.25, 0.3) is 5.88 Å². The lowest BCUT2D eigenvalue weighted by Crippen LogP contribution is -2.27. The number of aryl methyl sites for hydroxylation is 1. The average Bonchev–Trinajstić information content (AvgIpc) is 3.28. The lowest BCUT2D eigenvalue weighted by molar-refractivity contribution is 0.179. The Labute approximate surface area is 176 Å². The Morgan fingerprint density at radius 1 is 1.20 bits per heavy atom. The molecule has 30 heavy (non-hydrogen) atoms. The molecule has 0 spiro atoms. The van der Waals surface area contributed by atoms with Gasteiger partial charge in [0.2, 0.25) is 0 Å². The van der Waals surface area contributed by atoms with Crippen LogP contribution in [0.4, 0.5) is 19.3 Å².